The van der Waals surface area contributed by atoms with Gasteiger partial charge in [-0.2, -0.15) is 4.98 Å². The molecule has 1 amide bonds. The van der Waals surface area contributed by atoms with Gasteiger partial charge in [0.05, 0.1) is 5.69 Å². The molecular formula is C24H32ClN5O. The molecule has 0 bridgehead atoms. The van der Waals surface area contributed by atoms with Crippen LogP contribution in [-0.2, 0) is 12.8 Å². The third kappa shape index (κ3) is 5.48. The van der Waals surface area contributed by atoms with E-state index >= 15 is 0 Å². The molecule has 1 aromatic carbocycles. The predicted molar refractivity (Wildman–Crippen MR) is 126 cm³/mol. The fraction of sp³-hybridized carbons (Fsp3) is 0.542. The van der Waals surface area contributed by atoms with Gasteiger partial charge < -0.3 is 15.5 Å². The zero-order chi connectivity index (χ0) is 21.8. The molecule has 1 saturated carbocycles. The summed E-state index contributed by atoms with van der Waals surface area (Å²) in [6.45, 7) is 0.707. The first-order valence-electron chi connectivity index (χ1n) is 11.4. The Morgan fingerprint density at radius 1 is 1.13 bits per heavy atom. The molecule has 0 radical (unpaired) electrons. The number of rotatable bonds is 6. The number of nitrogens with one attached hydrogen (secondary N) is 2. The van der Waals surface area contributed by atoms with Crippen molar-refractivity contribution < 1.29 is 4.79 Å². The molecule has 1 aromatic heterocycles. The molecule has 2 aliphatic rings. The molecule has 2 aromatic rings. The normalized spacial score (nSPS) is 20.6. The smallest absolute Gasteiger partial charge is 0.251 e. The standard InChI is InChI=1S/C24H32ClN5O/c1-30(2)22-20-8-3-4-9-21(20)28-24(29-22)27-19-12-10-16(11-13-19)15-26-23(31)17-6-5-7-18(25)14-17/h5-7,14,16,19H,3-4,8-13,15H2,1-2H3,(H,26,31)(H,27,28,29)/t16-,19+. The van der Waals surface area contributed by atoms with Gasteiger partial charge in [0, 0.05) is 42.8 Å². The van der Waals surface area contributed by atoms with Crippen LogP contribution in [0.1, 0.15) is 60.1 Å². The summed E-state index contributed by atoms with van der Waals surface area (Å²) in [4.78, 5) is 24.1. The van der Waals surface area contributed by atoms with E-state index in [1.165, 1.54) is 24.1 Å². The zero-order valence-corrected chi connectivity index (χ0v) is 19.2. The van der Waals surface area contributed by atoms with E-state index in [4.69, 9.17) is 21.6 Å². The number of nitrogens with zero attached hydrogens (tertiary/aromatic N) is 3. The molecule has 4 rings (SSSR count). The molecule has 0 unspecified atom stereocenters. The van der Waals surface area contributed by atoms with Crippen LogP contribution in [0.3, 0.4) is 0 Å². The Morgan fingerprint density at radius 3 is 2.65 bits per heavy atom. The topological polar surface area (TPSA) is 70.2 Å². The first kappa shape index (κ1) is 21.9. The summed E-state index contributed by atoms with van der Waals surface area (Å²) in [7, 11) is 4.12. The highest BCUT2D eigenvalue weighted by atomic mass is 35.5. The molecule has 0 spiro atoms. The number of aromatic nitrogens is 2. The van der Waals surface area contributed by atoms with E-state index < -0.39 is 0 Å². The molecule has 2 aliphatic carbocycles. The largest absolute Gasteiger partial charge is 0.362 e. The van der Waals surface area contributed by atoms with Gasteiger partial charge in [0.15, 0.2) is 0 Å². The molecule has 6 nitrogen and oxygen atoms in total. The molecule has 1 fully saturated rings. The van der Waals surface area contributed by atoms with Gasteiger partial charge in [0.1, 0.15) is 5.82 Å². The van der Waals surface area contributed by atoms with Crippen molar-refractivity contribution in [2.24, 2.45) is 5.92 Å². The van der Waals surface area contributed by atoms with Gasteiger partial charge >= 0.3 is 0 Å². The number of carbonyl (C=O) groups is 1. The molecule has 31 heavy (non-hydrogen) atoms. The van der Waals surface area contributed by atoms with Gasteiger partial charge in [-0.05, 0) is 75.5 Å². The summed E-state index contributed by atoms with van der Waals surface area (Å²) in [5, 5.41) is 7.24. The van der Waals surface area contributed by atoms with E-state index in [-0.39, 0.29) is 5.91 Å². The number of hydrogen-bond acceptors (Lipinski definition) is 5. The summed E-state index contributed by atoms with van der Waals surface area (Å²) >= 11 is 5.99. The maximum absolute atomic E-state index is 12.3. The minimum absolute atomic E-state index is 0.0542. The Morgan fingerprint density at radius 2 is 1.90 bits per heavy atom. The summed E-state index contributed by atoms with van der Waals surface area (Å²) < 4.78 is 0. The summed E-state index contributed by atoms with van der Waals surface area (Å²) in [5.74, 6) is 2.27. The minimum Gasteiger partial charge on any atom is -0.362 e. The van der Waals surface area contributed by atoms with Gasteiger partial charge in [-0.1, -0.05) is 17.7 Å². The lowest BCUT2D eigenvalue weighted by Crippen LogP contribution is -2.34. The number of fused-ring (bicyclic) bond motifs is 1. The summed E-state index contributed by atoms with van der Waals surface area (Å²) in [6.07, 6.45) is 8.86. The second-order valence-electron chi connectivity index (χ2n) is 8.98. The van der Waals surface area contributed by atoms with Crippen LogP contribution in [0.25, 0.3) is 0 Å². The van der Waals surface area contributed by atoms with E-state index in [2.05, 4.69) is 29.6 Å². The van der Waals surface area contributed by atoms with Crippen molar-refractivity contribution in [3.8, 4) is 0 Å². The first-order valence-corrected chi connectivity index (χ1v) is 11.7. The fourth-order valence-corrected chi connectivity index (χ4v) is 4.86. The second kappa shape index (κ2) is 9.86. The van der Waals surface area contributed by atoms with Gasteiger partial charge in [0.2, 0.25) is 5.95 Å². The summed E-state index contributed by atoms with van der Waals surface area (Å²) in [6, 6.07) is 7.47. The lowest BCUT2D eigenvalue weighted by Gasteiger charge is -2.30. The van der Waals surface area contributed by atoms with Crippen molar-refractivity contribution in [1.82, 2.24) is 15.3 Å². The van der Waals surface area contributed by atoms with Crippen LogP contribution < -0.4 is 15.5 Å². The molecule has 7 heteroatoms. The van der Waals surface area contributed by atoms with Crippen LogP contribution in [0.5, 0.6) is 0 Å². The number of halogens is 1. The first-order chi connectivity index (χ1) is 15.0. The lowest BCUT2D eigenvalue weighted by atomic mass is 9.86. The van der Waals surface area contributed by atoms with E-state index in [9.17, 15) is 4.79 Å². The lowest BCUT2D eigenvalue weighted by molar-refractivity contribution is 0.0943. The van der Waals surface area contributed by atoms with E-state index in [1.54, 1.807) is 24.3 Å². The molecular weight excluding hydrogens is 410 g/mol. The van der Waals surface area contributed by atoms with Crippen molar-refractivity contribution in [2.45, 2.75) is 57.4 Å². The quantitative estimate of drug-likeness (QED) is 0.691. The zero-order valence-electron chi connectivity index (χ0n) is 18.5. The molecule has 0 saturated heterocycles. The highest BCUT2D eigenvalue weighted by Gasteiger charge is 2.24. The Labute approximate surface area is 189 Å². The Hall–Kier alpha value is -2.34. The van der Waals surface area contributed by atoms with Crippen LogP contribution in [0.4, 0.5) is 11.8 Å². The second-order valence-corrected chi connectivity index (χ2v) is 9.42. The van der Waals surface area contributed by atoms with Crippen LogP contribution in [0.15, 0.2) is 24.3 Å². The van der Waals surface area contributed by atoms with Gasteiger partial charge in [0.25, 0.3) is 5.91 Å². The van der Waals surface area contributed by atoms with Gasteiger partial charge in [-0.25, -0.2) is 4.98 Å². The third-order valence-electron chi connectivity index (χ3n) is 6.40. The average molecular weight is 442 g/mol. The van der Waals surface area contributed by atoms with Crippen molar-refractivity contribution in [1.29, 1.82) is 0 Å². The van der Waals surface area contributed by atoms with E-state index in [1.807, 2.05) is 0 Å². The number of carbonyl (C=O) groups excluding carboxylic acids is 1. The van der Waals surface area contributed by atoms with Crippen LogP contribution in [-0.4, -0.2) is 42.6 Å². The molecule has 0 atom stereocenters. The highest BCUT2D eigenvalue weighted by Crippen LogP contribution is 2.30. The predicted octanol–water partition coefficient (Wildman–Crippen LogP) is 4.48. The Balaban J connectivity index is 1.29. The fourth-order valence-electron chi connectivity index (χ4n) is 4.67. The number of amides is 1. The maximum Gasteiger partial charge on any atom is 0.251 e. The highest BCUT2D eigenvalue weighted by molar-refractivity contribution is 6.30. The molecule has 1 heterocycles. The van der Waals surface area contributed by atoms with Crippen LogP contribution in [0, 0.1) is 5.92 Å². The van der Waals surface area contributed by atoms with Crippen molar-refractivity contribution in [3.05, 3.63) is 46.1 Å². The van der Waals surface area contributed by atoms with Gasteiger partial charge in [-0.15, -0.1) is 0 Å². The van der Waals surface area contributed by atoms with Crippen LogP contribution in [0.2, 0.25) is 5.02 Å². The SMILES string of the molecule is CN(C)c1nc(N[C@H]2CC[C@@H](CNC(=O)c3cccc(Cl)c3)CC2)nc2c1CCCC2. The van der Waals surface area contributed by atoms with E-state index in [0.717, 1.165) is 50.3 Å². The average Bonchev–Trinajstić information content (AvgIpc) is 2.77. The third-order valence-corrected chi connectivity index (χ3v) is 6.64. The maximum atomic E-state index is 12.3. The van der Waals surface area contributed by atoms with Crippen molar-refractivity contribution in [3.63, 3.8) is 0 Å². The van der Waals surface area contributed by atoms with Crippen LogP contribution >= 0.6 is 11.6 Å². The van der Waals surface area contributed by atoms with Gasteiger partial charge in [-0.3, -0.25) is 4.79 Å². The Kier molecular flexibility index (Phi) is 6.96. The monoisotopic (exact) mass is 441 g/mol. The molecule has 0 aliphatic heterocycles. The Bertz CT molecular complexity index is 924. The van der Waals surface area contributed by atoms with Crippen molar-refractivity contribution in [2.75, 3.05) is 30.9 Å². The number of benzene rings is 1. The molecule has 166 valence electrons. The van der Waals surface area contributed by atoms with Crippen molar-refractivity contribution >= 4 is 29.3 Å². The minimum atomic E-state index is -0.0542. The number of aryl methyl sites for hydroxylation is 1. The summed E-state index contributed by atoms with van der Waals surface area (Å²) in [5.41, 5.74) is 3.15. The number of hydrogen-bond donors (Lipinski definition) is 2. The number of anilines is 2. The molecule has 2 N–H and O–H groups in total. The van der Waals surface area contributed by atoms with E-state index in [0.29, 0.717) is 29.1 Å².